The lowest BCUT2D eigenvalue weighted by atomic mass is 10.3. The van der Waals surface area contributed by atoms with E-state index in [0.29, 0.717) is 5.69 Å². The van der Waals surface area contributed by atoms with Gasteiger partial charge in [-0.25, -0.2) is 4.98 Å². The Labute approximate surface area is 97.2 Å². The van der Waals surface area contributed by atoms with Gasteiger partial charge in [-0.05, 0) is 12.1 Å². The SMILES string of the molecule is Cn1cc(Sc2cccc(C(=N)N)n2)cn1. The summed E-state index contributed by atoms with van der Waals surface area (Å²) in [6, 6.07) is 5.43. The van der Waals surface area contributed by atoms with Gasteiger partial charge in [0, 0.05) is 13.2 Å². The van der Waals surface area contributed by atoms with Crippen LogP contribution in [0.4, 0.5) is 0 Å². The molecule has 2 heterocycles. The number of nitrogens with zero attached hydrogens (tertiary/aromatic N) is 3. The summed E-state index contributed by atoms with van der Waals surface area (Å²) in [5.74, 6) is -0.0198. The Kier molecular flexibility index (Phi) is 2.91. The van der Waals surface area contributed by atoms with Crippen LogP contribution in [-0.2, 0) is 7.05 Å². The summed E-state index contributed by atoms with van der Waals surface area (Å²) in [6.07, 6.45) is 3.68. The minimum atomic E-state index is -0.0198. The fourth-order valence-corrected chi connectivity index (χ4v) is 2.03. The van der Waals surface area contributed by atoms with Gasteiger partial charge in [0.05, 0.1) is 11.1 Å². The molecule has 0 aliphatic carbocycles. The smallest absolute Gasteiger partial charge is 0.141 e. The lowest BCUT2D eigenvalue weighted by Gasteiger charge is -2.00. The standard InChI is InChI=1S/C10H11N5S/c1-15-6-7(5-13-15)16-9-4-2-3-8(14-9)10(11)12/h2-6H,1H3,(H3,11,12). The molecular weight excluding hydrogens is 222 g/mol. The third kappa shape index (κ3) is 2.40. The third-order valence-corrected chi connectivity index (χ3v) is 2.79. The molecule has 5 nitrogen and oxygen atoms in total. The third-order valence-electron chi connectivity index (χ3n) is 1.90. The Morgan fingerprint density at radius 1 is 1.50 bits per heavy atom. The van der Waals surface area contributed by atoms with Gasteiger partial charge >= 0.3 is 0 Å². The molecule has 0 spiro atoms. The van der Waals surface area contributed by atoms with Crippen molar-refractivity contribution in [2.75, 3.05) is 0 Å². The van der Waals surface area contributed by atoms with Crippen LogP contribution in [0.2, 0.25) is 0 Å². The molecule has 0 atom stereocenters. The van der Waals surface area contributed by atoms with Gasteiger partial charge in [-0.1, -0.05) is 17.8 Å². The zero-order valence-corrected chi connectivity index (χ0v) is 9.53. The quantitative estimate of drug-likeness (QED) is 0.617. The molecule has 2 rings (SSSR count). The average molecular weight is 233 g/mol. The second-order valence-corrected chi connectivity index (χ2v) is 4.32. The van der Waals surface area contributed by atoms with Gasteiger partial charge in [-0.3, -0.25) is 10.1 Å². The largest absolute Gasteiger partial charge is 0.382 e. The van der Waals surface area contributed by atoms with Crippen LogP contribution in [0.1, 0.15) is 5.69 Å². The topological polar surface area (TPSA) is 80.6 Å². The molecule has 0 aliphatic rings. The van der Waals surface area contributed by atoms with Crippen LogP contribution in [0, 0.1) is 5.41 Å². The molecule has 0 amide bonds. The second kappa shape index (κ2) is 4.36. The van der Waals surface area contributed by atoms with Crippen LogP contribution >= 0.6 is 11.8 Å². The van der Waals surface area contributed by atoms with Crippen LogP contribution in [0.15, 0.2) is 40.5 Å². The number of aromatic nitrogens is 3. The first-order chi connectivity index (χ1) is 7.65. The van der Waals surface area contributed by atoms with Crippen molar-refractivity contribution in [1.82, 2.24) is 14.8 Å². The van der Waals surface area contributed by atoms with Crippen molar-refractivity contribution in [3.63, 3.8) is 0 Å². The molecular formula is C10H11N5S. The van der Waals surface area contributed by atoms with Crippen molar-refractivity contribution in [3.05, 3.63) is 36.3 Å². The van der Waals surface area contributed by atoms with Gasteiger partial charge in [0.15, 0.2) is 0 Å². The number of hydrogen-bond donors (Lipinski definition) is 2. The lowest BCUT2D eigenvalue weighted by Crippen LogP contribution is -2.12. The number of pyridine rings is 1. The zero-order valence-electron chi connectivity index (χ0n) is 8.71. The van der Waals surface area contributed by atoms with E-state index >= 15 is 0 Å². The molecule has 0 saturated heterocycles. The van der Waals surface area contributed by atoms with E-state index in [1.54, 1.807) is 16.9 Å². The van der Waals surface area contributed by atoms with E-state index < -0.39 is 0 Å². The molecule has 0 aliphatic heterocycles. The maximum atomic E-state index is 7.31. The molecule has 3 N–H and O–H groups in total. The first-order valence-corrected chi connectivity index (χ1v) is 5.45. The Balaban J connectivity index is 2.21. The van der Waals surface area contributed by atoms with Gasteiger partial charge in [0.2, 0.25) is 0 Å². The molecule has 0 bridgehead atoms. The highest BCUT2D eigenvalue weighted by Gasteiger charge is 2.03. The first-order valence-electron chi connectivity index (χ1n) is 4.63. The molecule has 16 heavy (non-hydrogen) atoms. The van der Waals surface area contributed by atoms with Crippen molar-refractivity contribution >= 4 is 17.6 Å². The Morgan fingerprint density at radius 3 is 2.94 bits per heavy atom. The van der Waals surface area contributed by atoms with Gasteiger partial charge in [-0.2, -0.15) is 5.10 Å². The van der Waals surface area contributed by atoms with Crippen LogP contribution < -0.4 is 5.73 Å². The monoisotopic (exact) mass is 233 g/mol. The Hall–Kier alpha value is -1.82. The van der Waals surface area contributed by atoms with Crippen LogP contribution in [0.25, 0.3) is 0 Å². The molecule has 0 saturated carbocycles. The number of nitrogens with two attached hydrogens (primary N) is 1. The van der Waals surface area contributed by atoms with E-state index in [0.717, 1.165) is 9.92 Å². The number of rotatable bonds is 3. The molecule has 2 aromatic rings. The zero-order chi connectivity index (χ0) is 11.5. The first kappa shape index (κ1) is 10.7. The van der Waals surface area contributed by atoms with E-state index in [4.69, 9.17) is 11.1 Å². The predicted octanol–water partition coefficient (Wildman–Crippen LogP) is 1.25. The summed E-state index contributed by atoms with van der Waals surface area (Å²) in [6.45, 7) is 0. The molecule has 0 radical (unpaired) electrons. The molecule has 82 valence electrons. The minimum Gasteiger partial charge on any atom is -0.382 e. The van der Waals surface area contributed by atoms with Gasteiger partial charge in [0.1, 0.15) is 16.6 Å². The summed E-state index contributed by atoms with van der Waals surface area (Å²) < 4.78 is 1.73. The highest BCUT2D eigenvalue weighted by molar-refractivity contribution is 7.99. The summed E-state index contributed by atoms with van der Waals surface area (Å²) in [5, 5.41) is 12.2. The van der Waals surface area contributed by atoms with Crippen molar-refractivity contribution < 1.29 is 0 Å². The highest BCUT2D eigenvalue weighted by atomic mass is 32.2. The molecule has 0 unspecified atom stereocenters. The fourth-order valence-electron chi connectivity index (χ4n) is 1.19. The normalized spacial score (nSPS) is 10.3. The van der Waals surface area contributed by atoms with Gasteiger partial charge < -0.3 is 5.73 Å². The van der Waals surface area contributed by atoms with E-state index in [9.17, 15) is 0 Å². The number of aryl methyl sites for hydroxylation is 1. The van der Waals surface area contributed by atoms with Crippen LogP contribution in [0.3, 0.4) is 0 Å². The van der Waals surface area contributed by atoms with Crippen LogP contribution in [-0.4, -0.2) is 20.6 Å². The molecule has 0 aromatic carbocycles. The maximum absolute atomic E-state index is 7.31. The second-order valence-electron chi connectivity index (χ2n) is 3.23. The summed E-state index contributed by atoms with van der Waals surface area (Å²) in [7, 11) is 1.86. The highest BCUT2D eigenvalue weighted by Crippen LogP contribution is 2.24. The Morgan fingerprint density at radius 2 is 2.31 bits per heavy atom. The van der Waals surface area contributed by atoms with Crippen molar-refractivity contribution in [3.8, 4) is 0 Å². The predicted molar refractivity (Wildman–Crippen MR) is 62.6 cm³/mol. The van der Waals surface area contributed by atoms with Gasteiger partial charge in [-0.15, -0.1) is 0 Å². The van der Waals surface area contributed by atoms with Crippen molar-refractivity contribution in [2.45, 2.75) is 9.92 Å². The average Bonchev–Trinajstić information content (AvgIpc) is 2.64. The summed E-state index contributed by atoms with van der Waals surface area (Å²) in [5.41, 5.74) is 5.87. The summed E-state index contributed by atoms with van der Waals surface area (Å²) in [4.78, 5) is 5.26. The van der Waals surface area contributed by atoms with E-state index in [1.807, 2.05) is 25.4 Å². The van der Waals surface area contributed by atoms with Crippen molar-refractivity contribution in [1.29, 1.82) is 5.41 Å². The van der Waals surface area contributed by atoms with E-state index in [-0.39, 0.29) is 5.84 Å². The molecule has 6 heteroatoms. The minimum absolute atomic E-state index is 0.0198. The van der Waals surface area contributed by atoms with E-state index in [2.05, 4.69) is 10.1 Å². The maximum Gasteiger partial charge on any atom is 0.141 e. The van der Waals surface area contributed by atoms with E-state index in [1.165, 1.54) is 11.8 Å². The molecule has 2 aromatic heterocycles. The number of amidine groups is 1. The lowest BCUT2D eigenvalue weighted by molar-refractivity contribution is 0.766. The van der Waals surface area contributed by atoms with Gasteiger partial charge in [0.25, 0.3) is 0 Å². The van der Waals surface area contributed by atoms with Crippen LogP contribution in [0.5, 0.6) is 0 Å². The number of nitrogens with one attached hydrogen (secondary N) is 1. The fraction of sp³-hybridized carbons (Fsp3) is 0.100. The molecule has 0 fully saturated rings. The number of hydrogen-bond acceptors (Lipinski definition) is 4. The number of nitrogen functional groups attached to an aromatic ring is 1. The Bertz CT molecular complexity index is 519. The summed E-state index contributed by atoms with van der Waals surface area (Å²) >= 11 is 1.49. The van der Waals surface area contributed by atoms with Crippen molar-refractivity contribution in [2.24, 2.45) is 12.8 Å².